The molecule has 0 saturated carbocycles. The van der Waals surface area contributed by atoms with E-state index in [0.717, 1.165) is 31.6 Å². The first kappa shape index (κ1) is 14.4. The standard InChI is InChI=1S/C12H17N3O2.H3N/c13-11-4-3-10(9-12(11)15(16)17)5-8-14-6-1-2-7-14;/h3-4,9H,1-2,5-8,13H2;1H3. The predicted octanol–water partition coefficient (Wildman–Crippen LogP) is 1.98. The smallest absolute Gasteiger partial charge is 0.292 e. The normalized spacial score (nSPS) is 15.3. The fourth-order valence-electron chi connectivity index (χ4n) is 2.20. The van der Waals surface area contributed by atoms with Crippen LogP contribution >= 0.6 is 0 Å². The van der Waals surface area contributed by atoms with Crippen LogP contribution in [0.25, 0.3) is 0 Å². The van der Waals surface area contributed by atoms with Crippen molar-refractivity contribution in [2.24, 2.45) is 0 Å². The van der Waals surface area contributed by atoms with Crippen LogP contribution in [0.2, 0.25) is 0 Å². The molecule has 1 saturated heterocycles. The lowest BCUT2D eigenvalue weighted by Gasteiger charge is -2.14. The van der Waals surface area contributed by atoms with Gasteiger partial charge in [-0.2, -0.15) is 0 Å². The fraction of sp³-hybridized carbons (Fsp3) is 0.500. The third-order valence-electron chi connectivity index (χ3n) is 3.21. The summed E-state index contributed by atoms with van der Waals surface area (Å²) in [4.78, 5) is 12.7. The van der Waals surface area contributed by atoms with Crippen LogP contribution in [0, 0.1) is 10.1 Å². The number of nitro benzene ring substituents is 1. The van der Waals surface area contributed by atoms with Gasteiger partial charge in [-0.1, -0.05) is 6.07 Å². The Morgan fingerprint density at radius 1 is 1.33 bits per heavy atom. The molecule has 0 unspecified atom stereocenters. The molecule has 0 radical (unpaired) electrons. The lowest BCUT2D eigenvalue weighted by molar-refractivity contribution is -0.384. The molecule has 1 aliphatic rings. The SMILES string of the molecule is N.Nc1ccc(CCN2CCCC2)cc1[N+](=O)[O-]. The summed E-state index contributed by atoms with van der Waals surface area (Å²) in [7, 11) is 0. The Morgan fingerprint density at radius 3 is 2.61 bits per heavy atom. The number of nitrogen functional groups attached to an aromatic ring is 1. The van der Waals surface area contributed by atoms with Crippen LogP contribution in [0.1, 0.15) is 18.4 Å². The van der Waals surface area contributed by atoms with Gasteiger partial charge in [-0.15, -0.1) is 0 Å². The molecule has 0 amide bonds. The van der Waals surface area contributed by atoms with E-state index in [2.05, 4.69) is 4.90 Å². The maximum Gasteiger partial charge on any atom is 0.292 e. The molecule has 0 bridgehead atoms. The first-order valence-corrected chi connectivity index (χ1v) is 5.92. The van der Waals surface area contributed by atoms with E-state index < -0.39 is 4.92 Å². The first-order chi connectivity index (χ1) is 8.16. The van der Waals surface area contributed by atoms with Crippen molar-refractivity contribution in [2.45, 2.75) is 19.3 Å². The molecular weight excluding hydrogens is 232 g/mol. The van der Waals surface area contributed by atoms with Gasteiger partial charge in [0.1, 0.15) is 5.69 Å². The van der Waals surface area contributed by atoms with Crippen LogP contribution < -0.4 is 11.9 Å². The molecule has 1 heterocycles. The van der Waals surface area contributed by atoms with Gasteiger partial charge in [0.2, 0.25) is 0 Å². The van der Waals surface area contributed by atoms with Gasteiger partial charge in [-0.3, -0.25) is 10.1 Å². The Balaban J connectivity index is 0.00000162. The summed E-state index contributed by atoms with van der Waals surface area (Å²) in [6, 6.07) is 5.08. The van der Waals surface area contributed by atoms with Gasteiger partial charge < -0.3 is 16.8 Å². The maximum atomic E-state index is 10.7. The van der Waals surface area contributed by atoms with Crippen molar-refractivity contribution < 1.29 is 4.92 Å². The molecule has 6 nitrogen and oxygen atoms in total. The molecule has 5 N–H and O–H groups in total. The molecule has 1 aliphatic heterocycles. The topological polar surface area (TPSA) is 107 Å². The average molecular weight is 252 g/mol. The number of benzene rings is 1. The van der Waals surface area contributed by atoms with Crippen molar-refractivity contribution in [3.8, 4) is 0 Å². The quantitative estimate of drug-likeness (QED) is 0.484. The lowest BCUT2D eigenvalue weighted by atomic mass is 10.1. The maximum absolute atomic E-state index is 10.7. The molecule has 100 valence electrons. The Morgan fingerprint density at radius 2 is 2.00 bits per heavy atom. The van der Waals surface area contributed by atoms with Gasteiger partial charge in [-0.05, 0) is 44.0 Å². The zero-order valence-electron chi connectivity index (χ0n) is 10.5. The molecule has 6 heteroatoms. The van der Waals surface area contributed by atoms with E-state index in [4.69, 9.17) is 5.73 Å². The summed E-state index contributed by atoms with van der Waals surface area (Å²) in [5.74, 6) is 0. The van der Waals surface area contributed by atoms with Crippen LogP contribution in [0.3, 0.4) is 0 Å². The molecule has 1 aromatic carbocycles. The highest BCUT2D eigenvalue weighted by Gasteiger charge is 2.14. The van der Waals surface area contributed by atoms with Crippen LogP contribution in [0.5, 0.6) is 0 Å². The number of nitro groups is 1. The lowest BCUT2D eigenvalue weighted by Crippen LogP contribution is -2.21. The third-order valence-corrected chi connectivity index (χ3v) is 3.21. The summed E-state index contributed by atoms with van der Waals surface area (Å²) < 4.78 is 0. The van der Waals surface area contributed by atoms with E-state index in [9.17, 15) is 10.1 Å². The van der Waals surface area contributed by atoms with Crippen molar-refractivity contribution in [3.63, 3.8) is 0 Å². The number of hydrogen-bond donors (Lipinski definition) is 2. The number of likely N-dealkylation sites (tertiary alicyclic amines) is 1. The highest BCUT2D eigenvalue weighted by atomic mass is 16.6. The van der Waals surface area contributed by atoms with E-state index in [1.54, 1.807) is 12.1 Å². The number of nitrogens with two attached hydrogens (primary N) is 1. The first-order valence-electron chi connectivity index (χ1n) is 5.92. The van der Waals surface area contributed by atoms with Gasteiger partial charge in [0.15, 0.2) is 0 Å². The fourth-order valence-corrected chi connectivity index (χ4v) is 2.20. The molecule has 0 aliphatic carbocycles. The molecule has 0 atom stereocenters. The number of anilines is 1. The minimum atomic E-state index is -0.422. The van der Waals surface area contributed by atoms with Crippen molar-refractivity contribution in [1.82, 2.24) is 11.1 Å². The van der Waals surface area contributed by atoms with Gasteiger partial charge in [0, 0.05) is 12.6 Å². The molecule has 1 fully saturated rings. The largest absolute Gasteiger partial charge is 0.393 e. The number of nitrogens with zero attached hydrogens (tertiary/aromatic N) is 2. The van der Waals surface area contributed by atoms with Gasteiger partial charge >= 0.3 is 0 Å². The number of hydrogen-bond acceptors (Lipinski definition) is 5. The highest BCUT2D eigenvalue weighted by Crippen LogP contribution is 2.22. The van der Waals surface area contributed by atoms with E-state index in [1.165, 1.54) is 12.8 Å². The van der Waals surface area contributed by atoms with Crippen LogP contribution in [-0.4, -0.2) is 29.5 Å². The van der Waals surface area contributed by atoms with Gasteiger partial charge in [0.25, 0.3) is 5.69 Å². The molecule has 18 heavy (non-hydrogen) atoms. The Hall–Kier alpha value is -1.66. The van der Waals surface area contributed by atoms with Crippen molar-refractivity contribution in [1.29, 1.82) is 0 Å². The van der Waals surface area contributed by atoms with E-state index >= 15 is 0 Å². The molecule has 0 spiro atoms. The van der Waals surface area contributed by atoms with Crippen molar-refractivity contribution >= 4 is 11.4 Å². The van der Waals surface area contributed by atoms with E-state index in [-0.39, 0.29) is 17.5 Å². The van der Waals surface area contributed by atoms with Crippen LogP contribution in [0.4, 0.5) is 11.4 Å². The average Bonchev–Trinajstić information content (AvgIpc) is 2.80. The second kappa shape index (κ2) is 6.32. The monoisotopic (exact) mass is 252 g/mol. The number of rotatable bonds is 4. The Kier molecular flexibility index (Phi) is 5.06. The van der Waals surface area contributed by atoms with E-state index in [0.29, 0.717) is 0 Å². The van der Waals surface area contributed by atoms with Crippen molar-refractivity contribution in [2.75, 3.05) is 25.4 Å². The van der Waals surface area contributed by atoms with Gasteiger partial charge in [0.05, 0.1) is 4.92 Å². The summed E-state index contributed by atoms with van der Waals surface area (Å²) in [5, 5.41) is 10.7. The summed E-state index contributed by atoms with van der Waals surface area (Å²) in [5.41, 5.74) is 6.79. The van der Waals surface area contributed by atoms with Gasteiger partial charge in [-0.25, -0.2) is 0 Å². The molecule has 1 aromatic rings. The molecule has 0 aromatic heterocycles. The molecule has 2 rings (SSSR count). The van der Waals surface area contributed by atoms with Crippen molar-refractivity contribution in [3.05, 3.63) is 33.9 Å². The van der Waals surface area contributed by atoms with Crippen LogP contribution in [-0.2, 0) is 6.42 Å². The molecular formula is C12H20N4O2. The second-order valence-corrected chi connectivity index (χ2v) is 4.45. The second-order valence-electron chi connectivity index (χ2n) is 4.45. The van der Waals surface area contributed by atoms with E-state index in [1.807, 2.05) is 6.07 Å². The summed E-state index contributed by atoms with van der Waals surface area (Å²) in [6.45, 7) is 3.27. The third kappa shape index (κ3) is 3.41. The minimum absolute atomic E-state index is 0. The zero-order valence-corrected chi connectivity index (χ0v) is 10.5. The summed E-state index contributed by atoms with van der Waals surface area (Å²) in [6.07, 6.45) is 3.38. The summed E-state index contributed by atoms with van der Waals surface area (Å²) >= 11 is 0. The minimum Gasteiger partial charge on any atom is -0.393 e. The van der Waals surface area contributed by atoms with Crippen LogP contribution in [0.15, 0.2) is 18.2 Å². The Labute approximate surface area is 107 Å². The highest BCUT2D eigenvalue weighted by molar-refractivity contribution is 5.59. The zero-order chi connectivity index (χ0) is 12.3. The Bertz CT molecular complexity index is 417. The predicted molar refractivity (Wildman–Crippen MR) is 71.9 cm³/mol.